The number of ketones is 1. The molecule has 0 unspecified atom stereocenters. The molecule has 3 aromatic rings. The van der Waals surface area contributed by atoms with Crippen LogP contribution in [-0.2, 0) is 11.3 Å². The Morgan fingerprint density at radius 2 is 1.67 bits per heavy atom. The topological polar surface area (TPSA) is 48.3 Å². The van der Waals surface area contributed by atoms with Crippen LogP contribution < -0.4 is 0 Å². The largest absolute Gasteiger partial charge is 0.454 e. The van der Waals surface area contributed by atoms with Crippen molar-refractivity contribution in [3.63, 3.8) is 0 Å². The Morgan fingerprint density at radius 3 is 2.33 bits per heavy atom. The number of hydrogen-bond acceptors (Lipinski definition) is 3. The maximum absolute atomic E-state index is 12.9. The number of carbonyl (C=O) groups excluding carboxylic acids is 2. The SMILES string of the molecule is Cc1cc(C(=O)COC(=O)c2ccc(F)cc2)c(C)n1Cc1ccccc1. The molecule has 0 radical (unpaired) electrons. The normalized spacial score (nSPS) is 10.6. The summed E-state index contributed by atoms with van der Waals surface area (Å²) in [6, 6.07) is 16.8. The van der Waals surface area contributed by atoms with Gasteiger partial charge < -0.3 is 9.30 Å². The molecule has 0 saturated carbocycles. The number of benzene rings is 2. The summed E-state index contributed by atoms with van der Waals surface area (Å²) in [4.78, 5) is 24.5. The van der Waals surface area contributed by atoms with Gasteiger partial charge in [-0.2, -0.15) is 0 Å². The minimum atomic E-state index is -0.651. The summed E-state index contributed by atoms with van der Waals surface area (Å²) in [5, 5.41) is 0. The van der Waals surface area contributed by atoms with E-state index in [2.05, 4.69) is 4.57 Å². The molecule has 4 nitrogen and oxygen atoms in total. The number of halogens is 1. The van der Waals surface area contributed by atoms with E-state index in [1.54, 1.807) is 0 Å². The highest BCUT2D eigenvalue weighted by Crippen LogP contribution is 2.18. The van der Waals surface area contributed by atoms with E-state index in [4.69, 9.17) is 4.74 Å². The first-order valence-electron chi connectivity index (χ1n) is 8.62. The second-order valence-electron chi connectivity index (χ2n) is 6.36. The third kappa shape index (κ3) is 4.31. The first kappa shape index (κ1) is 18.6. The summed E-state index contributed by atoms with van der Waals surface area (Å²) in [7, 11) is 0. The van der Waals surface area contributed by atoms with Crippen molar-refractivity contribution in [2.45, 2.75) is 20.4 Å². The standard InChI is InChI=1S/C22H20FNO3/c1-15-12-20(16(2)24(15)13-17-6-4-3-5-7-17)21(25)14-27-22(26)18-8-10-19(23)11-9-18/h3-12H,13-14H2,1-2H3. The van der Waals surface area contributed by atoms with E-state index in [-0.39, 0.29) is 18.0 Å². The van der Waals surface area contributed by atoms with Crippen LogP contribution in [0.25, 0.3) is 0 Å². The summed E-state index contributed by atoms with van der Waals surface area (Å²) in [5.41, 5.74) is 3.68. The quantitative estimate of drug-likeness (QED) is 0.482. The Labute approximate surface area is 157 Å². The van der Waals surface area contributed by atoms with Crippen LogP contribution in [0, 0.1) is 19.7 Å². The van der Waals surface area contributed by atoms with Crippen molar-refractivity contribution >= 4 is 11.8 Å². The van der Waals surface area contributed by atoms with Gasteiger partial charge >= 0.3 is 5.97 Å². The molecular formula is C22H20FNO3. The number of ether oxygens (including phenoxy) is 1. The van der Waals surface area contributed by atoms with Gasteiger partial charge in [-0.3, -0.25) is 4.79 Å². The molecule has 0 bridgehead atoms. The molecule has 0 aliphatic heterocycles. The summed E-state index contributed by atoms with van der Waals surface area (Å²) in [5.74, 6) is -1.35. The predicted octanol–water partition coefficient (Wildman–Crippen LogP) is 4.33. The maximum Gasteiger partial charge on any atom is 0.338 e. The second kappa shape index (κ2) is 7.99. The molecule has 138 valence electrons. The zero-order chi connectivity index (χ0) is 19.4. The monoisotopic (exact) mass is 365 g/mol. The van der Waals surface area contributed by atoms with E-state index in [0.717, 1.165) is 17.0 Å². The number of aromatic nitrogens is 1. The average Bonchev–Trinajstić information content (AvgIpc) is 2.95. The van der Waals surface area contributed by atoms with E-state index >= 15 is 0 Å². The molecule has 0 N–H and O–H groups in total. The van der Waals surface area contributed by atoms with Crippen molar-refractivity contribution in [3.05, 3.63) is 94.6 Å². The van der Waals surface area contributed by atoms with Crippen LogP contribution in [0.3, 0.4) is 0 Å². The van der Waals surface area contributed by atoms with Gasteiger partial charge in [0.05, 0.1) is 5.56 Å². The van der Waals surface area contributed by atoms with E-state index in [0.29, 0.717) is 12.1 Å². The number of carbonyl (C=O) groups is 2. The number of aryl methyl sites for hydroxylation is 1. The van der Waals surface area contributed by atoms with Gasteiger partial charge in [0.15, 0.2) is 6.61 Å². The first-order chi connectivity index (χ1) is 13.0. The highest BCUT2D eigenvalue weighted by atomic mass is 19.1. The van der Waals surface area contributed by atoms with Gasteiger partial charge in [-0.05, 0) is 49.7 Å². The Morgan fingerprint density at radius 1 is 1.00 bits per heavy atom. The number of nitrogens with zero attached hydrogens (tertiary/aromatic N) is 1. The lowest BCUT2D eigenvalue weighted by Crippen LogP contribution is -2.15. The van der Waals surface area contributed by atoms with E-state index in [1.165, 1.54) is 24.3 Å². The van der Waals surface area contributed by atoms with Gasteiger partial charge in [0, 0.05) is 23.5 Å². The highest BCUT2D eigenvalue weighted by Gasteiger charge is 2.18. The third-order valence-electron chi connectivity index (χ3n) is 4.47. The number of hydrogen-bond donors (Lipinski definition) is 0. The second-order valence-corrected chi connectivity index (χ2v) is 6.36. The molecular weight excluding hydrogens is 345 g/mol. The summed E-state index contributed by atoms with van der Waals surface area (Å²) in [6.45, 7) is 4.13. The Hall–Kier alpha value is -3.21. The summed E-state index contributed by atoms with van der Waals surface area (Å²) in [6.07, 6.45) is 0. The number of rotatable bonds is 6. The molecule has 5 heteroatoms. The van der Waals surface area contributed by atoms with Gasteiger partial charge in [-0.25, -0.2) is 9.18 Å². The lowest BCUT2D eigenvalue weighted by molar-refractivity contribution is 0.0474. The molecule has 0 atom stereocenters. The predicted molar refractivity (Wildman–Crippen MR) is 100 cm³/mol. The van der Waals surface area contributed by atoms with Crippen molar-refractivity contribution < 1.29 is 18.7 Å². The van der Waals surface area contributed by atoms with Crippen LogP contribution in [0.1, 0.15) is 37.7 Å². The Balaban J connectivity index is 1.69. The minimum absolute atomic E-state index is 0.207. The number of Topliss-reactive ketones (excluding diaryl/α,β-unsaturated/α-hetero) is 1. The smallest absolute Gasteiger partial charge is 0.338 e. The Kier molecular flexibility index (Phi) is 5.50. The maximum atomic E-state index is 12.9. The molecule has 1 heterocycles. The fourth-order valence-corrected chi connectivity index (χ4v) is 2.97. The molecule has 0 spiro atoms. The zero-order valence-electron chi connectivity index (χ0n) is 15.2. The van der Waals surface area contributed by atoms with Gasteiger partial charge in [-0.1, -0.05) is 30.3 Å². The molecule has 2 aromatic carbocycles. The van der Waals surface area contributed by atoms with E-state index in [9.17, 15) is 14.0 Å². The van der Waals surface area contributed by atoms with E-state index < -0.39 is 11.8 Å². The zero-order valence-corrected chi connectivity index (χ0v) is 15.2. The molecule has 0 aliphatic carbocycles. The van der Waals surface area contributed by atoms with Crippen LogP contribution >= 0.6 is 0 Å². The van der Waals surface area contributed by atoms with Crippen molar-refractivity contribution in [1.29, 1.82) is 0 Å². The van der Waals surface area contributed by atoms with Crippen molar-refractivity contribution in [2.75, 3.05) is 6.61 Å². The van der Waals surface area contributed by atoms with Crippen LogP contribution in [0.15, 0.2) is 60.7 Å². The van der Waals surface area contributed by atoms with Gasteiger partial charge in [0.25, 0.3) is 0 Å². The molecule has 0 saturated heterocycles. The third-order valence-corrected chi connectivity index (χ3v) is 4.47. The molecule has 1 aromatic heterocycles. The minimum Gasteiger partial charge on any atom is -0.454 e. The summed E-state index contributed by atoms with van der Waals surface area (Å²) < 4.78 is 20.1. The van der Waals surface area contributed by atoms with Crippen LogP contribution in [0.4, 0.5) is 4.39 Å². The number of esters is 1. The lowest BCUT2D eigenvalue weighted by Gasteiger charge is -2.10. The van der Waals surface area contributed by atoms with Gasteiger partial charge in [-0.15, -0.1) is 0 Å². The summed E-state index contributed by atoms with van der Waals surface area (Å²) >= 11 is 0. The van der Waals surface area contributed by atoms with Crippen molar-refractivity contribution in [1.82, 2.24) is 4.57 Å². The fourth-order valence-electron chi connectivity index (χ4n) is 2.97. The molecule has 0 amide bonds. The van der Waals surface area contributed by atoms with Crippen LogP contribution in [0.2, 0.25) is 0 Å². The molecule has 3 rings (SSSR count). The average molecular weight is 365 g/mol. The van der Waals surface area contributed by atoms with Crippen molar-refractivity contribution in [3.8, 4) is 0 Å². The first-order valence-corrected chi connectivity index (χ1v) is 8.62. The Bertz CT molecular complexity index is 959. The van der Waals surface area contributed by atoms with Crippen molar-refractivity contribution in [2.24, 2.45) is 0 Å². The van der Waals surface area contributed by atoms with Gasteiger partial charge in [0.1, 0.15) is 5.82 Å². The van der Waals surface area contributed by atoms with E-state index in [1.807, 2.05) is 50.2 Å². The molecule has 0 fully saturated rings. The fraction of sp³-hybridized carbons (Fsp3) is 0.182. The molecule has 0 aliphatic rings. The van der Waals surface area contributed by atoms with Crippen LogP contribution in [-0.4, -0.2) is 22.9 Å². The molecule has 27 heavy (non-hydrogen) atoms. The highest BCUT2D eigenvalue weighted by molar-refractivity contribution is 6.00. The lowest BCUT2D eigenvalue weighted by atomic mass is 10.1. The van der Waals surface area contributed by atoms with Gasteiger partial charge in [0.2, 0.25) is 5.78 Å². The van der Waals surface area contributed by atoms with Crippen LogP contribution in [0.5, 0.6) is 0 Å².